The maximum atomic E-state index is 12.0. The molecule has 0 bridgehead atoms. The van der Waals surface area contributed by atoms with Gasteiger partial charge in [0.1, 0.15) is 11.6 Å². The molecule has 0 radical (unpaired) electrons. The van der Waals surface area contributed by atoms with Crippen LogP contribution >= 0.6 is 0 Å². The highest BCUT2D eigenvalue weighted by Gasteiger charge is 2.18. The van der Waals surface area contributed by atoms with E-state index in [1.165, 1.54) is 13.3 Å². The van der Waals surface area contributed by atoms with E-state index in [2.05, 4.69) is 14.7 Å². The highest BCUT2D eigenvalue weighted by molar-refractivity contribution is 7.92. The van der Waals surface area contributed by atoms with E-state index < -0.39 is 10.0 Å². The third-order valence-electron chi connectivity index (χ3n) is 2.32. The van der Waals surface area contributed by atoms with Gasteiger partial charge < -0.3 is 9.72 Å². The van der Waals surface area contributed by atoms with Crippen LogP contribution in [-0.4, -0.2) is 25.5 Å². The minimum atomic E-state index is -3.67. The molecule has 96 valence electrons. The minimum absolute atomic E-state index is 0.0194. The Kier molecular flexibility index (Phi) is 3.24. The van der Waals surface area contributed by atoms with Crippen molar-refractivity contribution in [1.82, 2.24) is 9.97 Å². The Hall–Kier alpha value is -2.02. The summed E-state index contributed by atoms with van der Waals surface area (Å²) < 4.78 is 31.6. The lowest BCUT2D eigenvalue weighted by atomic mass is 10.3. The zero-order chi connectivity index (χ0) is 13.2. The highest BCUT2D eigenvalue weighted by atomic mass is 32.2. The van der Waals surface area contributed by atoms with Crippen LogP contribution in [0.2, 0.25) is 0 Å². The second-order valence-corrected chi connectivity index (χ2v) is 5.29. The summed E-state index contributed by atoms with van der Waals surface area (Å²) in [7, 11) is -2.19. The number of ether oxygens (including phenoxy) is 1. The number of nitrogens with zero attached hydrogens (tertiary/aromatic N) is 1. The number of imidazole rings is 1. The summed E-state index contributed by atoms with van der Waals surface area (Å²) in [5, 5.41) is 0.0194. The molecule has 0 atom stereocenters. The third kappa shape index (κ3) is 2.45. The molecule has 0 saturated carbocycles. The summed E-state index contributed by atoms with van der Waals surface area (Å²) in [6, 6.07) is 6.78. The summed E-state index contributed by atoms with van der Waals surface area (Å²) in [6.45, 7) is 1.68. The lowest BCUT2D eigenvalue weighted by Crippen LogP contribution is -2.14. The average molecular weight is 267 g/mol. The van der Waals surface area contributed by atoms with E-state index in [1.54, 1.807) is 31.2 Å². The van der Waals surface area contributed by atoms with Crippen molar-refractivity contribution in [2.75, 3.05) is 11.8 Å². The molecule has 1 heterocycles. The maximum Gasteiger partial charge on any atom is 0.279 e. The van der Waals surface area contributed by atoms with E-state index in [4.69, 9.17) is 4.74 Å². The number of sulfonamides is 1. The monoisotopic (exact) mass is 267 g/mol. The number of rotatable bonds is 4. The number of methoxy groups -OCH3 is 1. The number of benzene rings is 1. The van der Waals surface area contributed by atoms with Crippen molar-refractivity contribution in [2.24, 2.45) is 0 Å². The predicted molar refractivity (Wildman–Crippen MR) is 67.1 cm³/mol. The lowest BCUT2D eigenvalue weighted by molar-refractivity contribution is 0.417. The molecule has 0 amide bonds. The first-order valence-corrected chi connectivity index (χ1v) is 6.68. The van der Waals surface area contributed by atoms with Gasteiger partial charge in [0.25, 0.3) is 10.0 Å². The van der Waals surface area contributed by atoms with Crippen LogP contribution in [0.5, 0.6) is 5.75 Å². The minimum Gasteiger partial charge on any atom is -0.495 e. The number of aryl methyl sites for hydroxylation is 1. The van der Waals surface area contributed by atoms with Gasteiger partial charge in [0.15, 0.2) is 5.03 Å². The topological polar surface area (TPSA) is 84.1 Å². The Balaban J connectivity index is 2.33. The Morgan fingerprint density at radius 1 is 1.33 bits per heavy atom. The van der Waals surface area contributed by atoms with Gasteiger partial charge in [-0.1, -0.05) is 12.1 Å². The first kappa shape index (κ1) is 12.4. The van der Waals surface area contributed by atoms with Crippen LogP contribution in [0.1, 0.15) is 5.82 Å². The highest BCUT2D eigenvalue weighted by Crippen LogP contribution is 2.25. The molecule has 2 rings (SSSR count). The van der Waals surface area contributed by atoms with Crippen molar-refractivity contribution in [2.45, 2.75) is 11.9 Å². The fourth-order valence-electron chi connectivity index (χ4n) is 1.46. The zero-order valence-corrected chi connectivity index (χ0v) is 10.8. The third-order valence-corrected chi connectivity index (χ3v) is 3.60. The fraction of sp³-hybridized carbons (Fsp3) is 0.182. The number of nitrogens with one attached hydrogen (secondary N) is 2. The Bertz CT molecular complexity index is 649. The summed E-state index contributed by atoms with van der Waals surface area (Å²) in [5.74, 6) is 0.993. The normalized spacial score (nSPS) is 11.2. The molecule has 0 aliphatic carbocycles. The van der Waals surface area contributed by atoms with Crippen molar-refractivity contribution in [3.8, 4) is 5.75 Å². The molecular weight excluding hydrogens is 254 g/mol. The van der Waals surface area contributed by atoms with Crippen LogP contribution in [0.4, 0.5) is 5.69 Å². The Labute approximate surface area is 105 Å². The van der Waals surface area contributed by atoms with Crippen LogP contribution in [0.3, 0.4) is 0 Å². The van der Waals surface area contributed by atoms with E-state index in [9.17, 15) is 8.42 Å². The van der Waals surface area contributed by atoms with Crippen molar-refractivity contribution in [3.05, 3.63) is 36.3 Å². The quantitative estimate of drug-likeness (QED) is 0.879. The van der Waals surface area contributed by atoms with E-state index in [-0.39, 0.29) is 5.03 Å². The SMILES string of the molecule is COc1ccccc1NS(=O)(=O)c1cnc(C)[nH]1. The largest absolute Gasteiger partial charge is 0.495 e. The second-order valence-electron chi connectivity index (χ2n) is 3.64. The number of para-hydroxylation sites is 2. The molecule has 0 unspecified atom stereocenters. The van der Waals surface area contributed by atoms with E-state index in [0.29, 0.717) is 17.3 Å². The van der Waals surface area contributed by atoms with Gasteiger partial charge in [-0.15, -0.1) is 0 Å². The lowest BCUT2D eigenvalue weighted by Gasteiger charge is -2.10. The summed E-state index contributed by atoms with van der Waals surface area (Å²) in [6.07, 6.45) is 1.27. The standard InChI is InChI=1S/C11H13N3O3S/c1-8-12-7-11(13-8)18(15,16)14-9-5-3-4-6-10(9)17-2/h3-7,14H,1-2H3,(H,12,13). The van der Waals surface area contributed by atoms with Crippen LogP contribution in [0, 0.1) is 6.92 Å². The molecule has 0 spiro atoms. The predicted octanol–water partition coefficient (Wildman–Crippen LogP) is 1.53. The van der Waals surface area contributed by atoms with Crippen LogP contribution < -0.4 is 9.46 Å². The van der Waals surface area contributed by atoms with E-state index >= 15 is 0 Å². The smallest absolute Gasteiger partial charge is 0.279 e. The zero-order valence-electron chi connectivity index (χ0n) is 9.97. The molecule has 0 fully saturated rings. The van der Waals surface area contributed by atoms with Gasteiger partial charge in [-0.3, -0.25) is 4.72 Å². The van der Waals surface area contributed by atoms with Crippen molar-refractivity contribution in [1.29, 1.82) is 0 Å². The van der Waals surface area contributed by atoms with E-state index in [0.717, 1.165) is 0 Å². The van der Waals surface area contributed by atoms with Crippen molar-refractivity contribution in [3.63, 3.8) is 0 Å². The first-order chi connectivity index (χ1) is 8.53. The summed E-state index contributed by atoms with van der Waals surface area (Å²) in [4.78, 5) is 6.53. The van der Waals surface area contributed by atoms with Crippen molar-refractivity contribution < 1.29 is 13.2 Å². The average Bonchev–Trinajstić information content (AvgIpc) is 2.77. The number of hydrogen-bond donors (Lipinski definition) is 2. The molecule has 2 aromatic rings. The molecule has 0 aliphatic heterocycles. The number of hydrogen-bond acceptors (Lipinski definition) is 4. The van der Waals surface area contributed by atoms with Gasteiger partial charge in [0, 0.05) is 0 Å². The summed E-state index contributed by atoms with van der Waals surface area (Å²) in [5.41, 5.74) is 0.382. The van der Waals surface area contributed by atoms with Gasteiger partial charge in [0.05, 0.1) is 19.0 Å². The molecule has 6 nitrogen and oxygen atoms in total. The number of H-pyrrole nitrogens is 1. The van der Waals surface area contributed by atoms with Crippen molar-refractivity contribution >= 4 is 15.7 Å². The molecule has 1 aromatic carbocycles. The van der Waals surface area contributed by atoms with Gasteiger partial charge in [-0.05, 0) is 19.1 Å². The molecule has 1 aromatic heterocycles. The maximum absolute atomic E-state index is 12.0. The van der Waals surface area contributed by atoms with Gasteiger partial charge in [0.2, 0.25) is 0 Å². The second kappa shape index (κ2) is 4.69. The van der Waals surface area contributed by atoms with E-state index in [1.807, 2.05) is 0 Å². The van der Waals surface area contributed by atoms with Gasteiger partial charge in [-0.25, -0.2) is 4.98 Å². The van der Waals surface area contributed by atoms with Crippen LogP contribution in [-0.2, 0) is 10.0 Å². The Morgan fingerprint density at radius 2 is 2.06 bits per heavy atom. The summed E-state index contributed by atoms with van der Waals surface area (Å²) >= 11 is 0. The molecule has 0 saturated heterocycles. The molecule has 7 heteroatoms. The number of anilines is 1. The van der Waals surface area contributed by atoms with Crippen LogP contribution in [0.15, 0.2) is 35.5 Å². The van der Waals surface area contributed by atoms with Crippen LogP contribution in [0.25, 0.3) is 0 Å². The molecule has 18 heavy (non-hydrogen) atoms. The van der Waals surface area contributed by atoms with Gasteiger partial charge in [-0.2, -0.15) is 8.42 Å². The molecular formula is C11H13N3O3S. The Morgan fingerprint density at radius 3 is 2.67 bits per heavy atom. The molecule has 2 N–H and O–H groups in total. The fourth-order valence-corrected chi connectivity index (χ4v) is 2.51. The first-order valence-electron chi connectivity index (χ1n) is 5.20. The molecule has 0 aliphatic rings. The number of aromatic amines is 1. The number of aromatic nitrogens is 2. The van der Waals surface area contributed by atoms with Gasteiger partial charge >= 0.3 is 0 Å².